The van der Waals surface area contributed by atoms with Crippen molar-refractivity contribution in [3.05, 3.63) is 0 Å². The summed E-state index contributed by atoms with van der Waals surface area (Å²) in [6.45, 7) is 5.98. The lowest BCUT2D eigenvalue weighted by molar-refractivity contribution is -0.153. The summed E-state index contributed by atoms with van der Waals surface area (Å²) in [5.74, 6) is 0.540. The van der Waals surface area contributed by atoms with Gasteiger partial charge in [-0.1, -0.05) is 13.8 Å². The number of nitrogens with one attached hydrogen (secondary N) is 1. The van der Waals surface area contributed by atoms with Gasteiger partial charge in [0.25, 0.3) is 0 Å². The van der Waals surface area contributed by atoms with Crippen LogP contribution in [0.3, 0.4) is 0 Å². The first-order valence-electron chi connectivity index (χ1n) is 6.63. The minimum atomic E-state index is -0.306. The highest BCUT2D eigenvalue weighted by Gasteiger charge is 2.42. The van der Waals surface area contributed by atoms with Crippen LogP contribution < -0.4 is 5.32 Å². The Bertz CT molecular complexity index is 323. The van der Waals surface area contributed by atoms with Gasteiger partial charge in [0, 0.05) is 6.04 Å². The highest BCUT2D eigenvalue weighted by Crippen LogP contribution is 2.29. The summed E-state index contributed by atoms with van der Waals surface area (Å²) in [5, 5.41) is 2.85. The maximum Gasteiger partial charge on any atom is 0.246 e. The van der Waals surface area contributed by atoms with E-state index in [9.17, 15) is 9.59 Å². The van der Waals surface area contributed by atoms with Crippen molar-refractivity contribution in [1.82, 2.24) is 10.2 Å². The molecule has 1 heterocycles. The lowest BCUT2D eigenvalue weighted by Gasteiger charge is -2.45. The van der Waals surface area contributed by atoms with Crippen LogP contribution in [0.1, 0.15) is 46.5 Å². The molecule has 0 spiro atoms. The van der Waals surface area contributed by atoms with Crippen LogP contribution in [0.5, 0.6) is 0 Å². The molecule has 0 aromatic carbocycles. The molecule has 2 unspecified atom stereocenters. The van der Waals surface area contributed by atoms with E-state index in [0.29, 0.717) is 12.0 Å². The first-order valence-corrected chi connectivity index (χ1v) is 6.63. The average Bonchev–Trinajstić information content (AvgIpc) is 2.17. The molecular weight excluding hydrogens is 216 g/mol. The Labute approximate surface area is 103 Å². The van der Waals surface area contributed by atoms with Crippen molar-refractivity contribution < 1.29 is 9.59 Å². The van der Waals surface area contributed by atoms with E-state index in [1.807, 2.05) is 11.8 Å². The quantitative estimate of drug-likeness (QED) is 0.805. The summed E-state index contributed by atoms with van der Waals surface area (Å²) in [7, 11) is 0. The van der Waals surface area contributed by atoms with Gasteiger partial charge in [-0.15, -0.1) is 0 Å². The molecule has 2 rings (SSSR count). The minimum Gasteiger partial charge on any atom is -0.343 e. The fraction of sp³-hybridized carbons (Fsp3) is 0.846. The second kappa shape index (κ2) is 4.67. The molecule has 1 saturated carbocycles. The van der Waals surface area contributed by atoms with E-state index in [2.05, 4.69) is 19.2 Å². The second-order valence-corrected chi connectivity index (χ2v) is 5.70. The van der Waals surface area contributed by atoms with E-state index in [4.69, 9.17) is 0 Å². The van der Waals surface area contributed by atoms with Crippen LogP contribution in [0, 0.1) is 5.92 Å². The Balaban J connectivity index is 2.11. The molecule has 2 aliphatic rings. The number of piperazine rings is 1. The number of hydrogen-bond donors (Lipinski definition) is 1. The molecular formula is C13H22N2O2. The fourth-order valence-electron chi connectivity index (χ4n) is 2.64. The Morgan fingerprint density at radius 3 is 2.47 bits per heavy atom. The number of carbonyl (C=O) groups is 2. The number of carbonyl (C=O) groups excluding carboxylic acids is 2. The van der Waals surface area contributed by atoms with Gasteiger partial charge in [0.15, 0.2) is 0 Å². The molecule has 0 radical (unpaired) electrons. The summed E-state index contributed by atoms with van der Waals surface area (Å²) >= 11 is 0. The smallest absolute Gasteiger partial charge is 0.246 e. The molecule has 0 bridgehead atoms. The van der Waals surface area contributed by atoms with Crippen molar-refractivity contribution >= 4 is 11.8 Å². The lowest BCUT2D eigenvalue weighted by atomic mass is 9.88. The van der Waals surface area contributed by atoms with E-state index < -0.39 is 0 Å². The van der Waals surface area contributed by atoms with Gasteiger partial charge in [0.2, 0.25) is 11.8 Å². The van der Waals surface area contributed by atoms with Crippen LogP contribution in [0.2, 0.25) is 0 Å². The van der Waals surface area contributed by atoms with Crippen LogP contribution in [0.25, 0.3) is 0 Å². The molecule has 0 aromatic heterocycles. The van der Waals surface area contributed by atoms with Gasteiger partial charge < -0.3 is 10.2 Å². The Hall–Kier alpha value is -1.06. The van der Waals surface area contributed by atoms with Crippen LogP contribution >= 0.6 is 0 Å². The zero-order valence-electron chi connectivity index (χ0n) is 10.9. The van der Waals surface area contributed by atoms with Crippen molar-refractivity contribution in [3.8, 4) is 0 Å². The number of amides is 2. The zero-order chi connectivity index (χ0) is 12.6. The highest BCUT2D eigenvalue weighted by molar-refractivity contribution is 5.97. The molecule has 1 aliphatic heterocycles. The maximum atomic E-state index is 12.4. The van der Waals surface area contributed by atoms with E-state index >= 15 is 0 Å². The first-order chi connectivity index (χ1) is 8.00. The van der Waals surface area contributed by atoms with Gasteiger partial charge >= 0.3 is 0 Å². The van der Waals surface area contributed by atoms with Crippen molar-refractivity contribution in [2.45, 2.75) is 64.6 Å². The minimum absolute atomic E-state index is 0.00199. The second-order valence-electron chi connectivity index (χ2n) is 5.70. The van der Waals surface area contributed by atoms with Crippen molar-refractivity contribution in [2.24, 2.45) is 5.92 Å². The molecule has 1 saturated heterocycles. The maximum absolute atomic E-state index is 12.4. The average molecular weight is 238 g/mol. The third-order valence-corrected chi connectivity index (χ3v) is 3.84. The van der Waals surface area contributed by atoms with Gasteiger partial charge in [-0.25, -0.2) is 0 Å². The summed E-state index contributed by atoms with van der Waals surface area (Å²) in [4.78, 5) is 26.1. The van der Waals surface area contributed by atoms with E-state index in [0.717, 1.165) is 19.3 Å². The first kappa shape index (κ1) is 12.4. The Kier molecular flexibility index (Phi) is 3.40. The van der Waals surface area contributed by atoms with E-state index in [-0.39, 0.29) is 23.9 Å². The largest absolute Gasteiger partial charge is 0.343 e. The molecule has 2 atom stereocenters. The summed E-state index contributed by atoms with van der Waals surface area (Å²) < 4.78 is 0. The predicted molar refractivity (Wildman–Crippen MR) is 65.3 cm³/mol. The summed E-state index contributed by atoms with van der Waals surface area (Å²) in [6, 6.07) is -0.297. The lowest BCUT2D eigenvalue weighted by Crippen LogP contribution is -2.66. The van der Waals surface area contributed by atoms with Gasteiger partial charge in [-0.05, 0) is 38.5 Å². The fourth-order valence-corrected chi connectivity index (χ4v) is 2.64. The third-order valence-electron chi connectivity index (χ3n) is 3.84. The molecule has 96 valence electrons. The van der Waals surface area contributed by atoms with Gasteiger partial charge in [0.05, 0.1) is 0 Å². The topological polar surface area (TPSA) is 49.4 Å². The molecule has 17 heavy (non-hydrogen) atoms. The molecule has 0 aromatic rings. The Morgan fingerprint density at radius 2 is 2.00 bits per heavy atom. The van der Waals surface area contributed by atoms with Gasteiger partial charge in [-0.3, -0.25) is 9.59 Å². The van der Waals surface area contributed by atoms with Gasteiger partial charge in [-0.2, -0.15) is 0 Å². The van der Waals surface area contributed by atoms with Crippen LogP contribution in [0.15, 0.2) is 0 Å². The summed E-state index contributed by atoms with van der Waals surface area (Å²) in [6.07, 6.45) is 4.02. The molecule has 2 amide bonds. The monoisotopic (exact) mass is 238 g/mol. The van der Waals surface area contributed by atoms with E-state index in [1.54, 1.807) is 0 Å². The zero-order valence-corrected chi connectivity index (χ0v) is 10.9. The van der Waals surface area contributed by atoms with Crippen LogP contribution in [-0.4, -0.2) is 34.8 Å². The number of rotatable bonds is 3. The molecule has 4 nitrogen and oxygen atoms in total. The highest BCUT2D eigenvalue weighted by atomic mass is 16.2. The molecule has 1 aliphatic carbocycles. The van der Waals surface area contributed by atoms with Crippen molar-refractivity contribution in [3.63, 3.8) is 0 Å². The summed E-state index contributed by atoms with van der Waals surface area (Å²) in [5.41, 5.74) is 0. The number of hydrogen-bond acceptors (Lipinski definition) is 2. The SMILES string of the molecule is CC(C)CC1NC(=O)C(C)N(C2CCC2)C1=O. The third kappa shape index (κ3) is 2.31. The van der Waals surface area contributed by atoms with Crippen LogP contribution in [0.4, 0.5) is 0 Å². The van der Waals surface area contributed by atoms with Crippen molar-refractivity contribution in [1.29, 1.82) is 0 Å². The normalized spacial score (nSPS) is 30.5. The van der Waals surface area contributed by atoms with E-state index in [1.165, 1.54) is 6.42 Å². The molecule has 2 fully saturated rings. The van der Waals surface area contributed by atoms with Crippen LogP contribution in [-0.2, 0) is 9.59 Å². The molecule has 1 N–H and O–H groups in total. The predicted octanol–water partition coefficient (Wildman–Crippen LogP) is 1.30. The number of nitrogens with zero attached hydrogens (tertiary/aromatic N) is 1. The standard InChI is InChI=1S/C13H22N2O2/c1-8(2)7-11-13(17)15(10-5-4-6-10)9(3)12(16)14-11/h8-11H,4-7H2,1-3H3,(H,14,16). The Morgan fingerprint density at radius 1 is 1.35 bits per heavy atom. The van der Waals surface area contributed by atoms with Crippen molar-refractivity contribution in [2.75, 3.05) is 0 Å². The molecule has 4 heteroatoms. The van der Waals surface area contributed by atoms with Gasteiger partial charge in [0.1, 0.15) is 12.1 Å².